The van der Waals surface area contributed by atoms with Crippen molar-refractivity contribution in [2.75, 3.05) is 5.32 Å². The van der Waals surface area contributed by atoms with Gasteiger partial charge in [-0.25, -0.2) is 9.98 Å². The van der Waals surface area contributed by atoms with Crippen molar-refractivity contribution in [1.82, 2.24) is 4.98 Å². The van der Waals surface area contributed by atoms with Gasteiger partial charge in [-0.1, -0.05) is 28.1 Å². The molecule has 2 aromatic heterocycles. The number of carbonyl (C=O) groups excluding carboxylic acids is 1. The number of hydrogen-bond acceptors (Lipinski definition) is 4. The summed E-state index contributed by atoms with van der Waals surface area (Å²) in [5, 5.41) is 3.63. The third-order valence-corrected chi connectivity index (χ3v) is 5.32. The van der Waals surface area contributed by atoms with Crippen molar-refractivity contribution >= 4 is 44.3 Å². The molecule has 6 heteroatoms. The maximum Gasteiger partial charge on any atom is 0.262 e. The Bertz CT molecular complexity index is 1320. The molecule has 30 heavy (non-hydrogen) atoms. The zero-order valence-electron chi connectivity index (χ0n) is 16.9. The summed E-state index contributed by atoms with van der Waals surface area (Å²) in [7, 11) is 0. The van der Waals surface area contributed by atoms with Crippen LogP contribution in [-0.2, 0) is 0 Å². The lowest BCUT2D eigenvalue weighted by atomic mass is 10.1. The normalized spacial score (nSPS) is 11.7. The van der Waals surface area contributed by atoms with E-state index < -0.39 is 0 Å². The summed E-state index contributed by atoms with van der Waals surface area (Å²) in [6.07, 6.45) is 1.71. The topological polar surface area (TPSA) is 67.5 Å². The number of fused-ring (bicyclic) bond motifs is 1. The summed E-state index contributed by atoms with van der Waals surface area (Å²) in [4.78, 5) is 22.0. The second kappa shape index (κ2) is 8.24. The lowest BCUT2D eigenvalue weighted by Gasteiger charge is -2.07. The Morgan fingerprint density at radius 2 is 1.83 bits per heavy atom. The molecule has 0 bridgehead atoms. The fourth-order valence-electron chi connectivity index (χ4n) is 2.98. The third kappa shape index (κ3) is 4.33. The van der Waals surface area contributed by atoms with E-state index in [1.54, 1.807) is 18.3 Å². The van der Waals surface area contributed by atoms with Crippen molar-refractivity contribution in [3.8, 4) is 0 Å². The average Bonchev–Trinajstić information content (AvgIpc) is 2.72. The monoisotopic (exact) mass is 461 g/mol. The first kappa shape index (κ1) is 20.0. The summed E-state index contributed by atoms with van der Waals surface area (Å²) < 4.78 is 6.93. The van der Waals surface area contributed by atoms with Gasteiger partial charge in [0.2, 0.25) is 5.55 Å². The van der Waals surface area contributed by atoms with Gasteiger partial charge in [0.05, 0.1) is 5.69 Å². The number of nitrogens with one attached hydrogen (secondary N) is 1. The largest absolute Gasteiger partial charge is 0.438 e. The number of rotatable bonds is 3. The Balaban J connectivity index is 1.85. The van der Waals surface area contributed by atoms with Crippen molar-refractivity contribution in [1.29, 1.82) is 0 Å². The van der Waals surface area contributed by atoms with Crippen LogP contribution in [-0.4, -0.2) is 10.9 Å². The highest BCUT2D eigenvalue weighted by Crippen LogP contribution is 2.21. The van der Waals surface area contributed by atoms with E-state index in [4.69, 9.17) is 4.42 Å². The summed E-state index contributed by atoms with van der Waals surface area (Å²) >= 11 is 3.47. The van der Waals surface area contributed by atoms with E-state index in [2.05, 4.69) is 31.2 Å². The average molecular weight is 462 g/mol. The van der Waals surface area contributed by atoms with E-state index in [1.807, 2.05) is 63.2 Å². The molecule has 0 aliphatic carbocycles. The highest BCUT2D eigenvalue weighted by Gasteiger charge is 2.14. The molecule has 0 fully saturated rings. The van der Waals surface area contributed by atoms with Crippen LogP contribution in [0.4, 0.5) is 11.5 Å². The van der Waals surface area contributed by atoms with Gasteiger partial charge >= 0.3 is 0 Å². The number of amides is 1. The first-order valence-corrected chi connectivity index (χ1v) is 10.3. The molecule has 2 heterocycles. The Kier molecular flexibility index (Phi) is 5.50. The van der Waals surface area contributed by atoms with Gasteiger partial charge in [0.15, 0.2) is 0 Å². The molecule has 0 radical (unpaired) electrons. The molecule has 150 valence electrons. The second-order valence-electron chi connectivity index (χ2n) is 7.20. The van der Waals surface area contributed by atoms with Gasteiger partial charge in [0.1, 0.15) is 17.0 Å². The third-order valence-electron chi connectivity index (χ3n) is 4.83. The van der Waals surface area contributed by atoms with Crippen LogP contribution in [0.3, 0.4) is 0 Å². The Morgan fingerprint density at radius 3 is 2.57 bits per heavy atom. The van der Waals surface area contributed by atoms with Crippen LogP contribution in [0.1, 0.15) is 27.0 Å². The smallest absolute Gasteiger partial charge is 0.262 e. The molecule has 1 amide bonds. The minimum absolute atomic E-state index is 0.248. The lowest BCUT2D eigenvalue weighted by Crippen LogP contribution is -2.22. The predicted octanol–water partition coefficient (Wildman–Crippen LogP) is 6.00. The van der Waals surface area contributed by atoms with E-state index >= 15 is 0 Å². The molecule has 1 N–H and O–H groups in total. The Hall–Kier alpha value is -3.25. The molecule has 4 rings (SSSR count). The summed E-state index contributed by atoms with van der Waals surface area (Å²) in [5.74, 6) is 0.136. The van der Waals surface area contributed by atoms with E-state index in [9.17, 15) is 4.79 Å². The van der Waals surface area contributed by atoms with E-state index in [0.717, 1.165) is 26.7 Å². The van der Waals surface area contributed by atoms with Crippen LogP contribution in [0.25, 0.3) is 11.0 Å². The van der Waals surface area contributed by atoms with Crippen LogP contribution < -0.4 is 10.9 Å². The molecular weight excluding hydrogens is 442 g/mol. The standard InChI is InChI=1S/C24H20BrN3O2/c1-14-4-9-22(26-13-14)28-23(29)20-12-17-11-18(25)6-8-21(17)30-24(20)27-19-7-5-15(2)16(3)10-19/h4-13H,1-3H3,(H,26,28,29). The van der Waals surface area contributed by atoms with Crippen LogP contribution in [0.2, 0.25) is 0 Å². The minimum atomic E-state index is -0.334. The van der Waals surface area contributed by atoms with Crippen molar-refractivity contribution < 1.29 is 9.21 Å². The Labute approximate surface area is 182 Å². The molecule has 0 saturated carbocycles. The molecule has 0 aliphatic rings. The van der Waals surface area contributed by atoms with E-state index in [0.29, 0.717) is 17.0 Å². The van der Waals surface area contributed by atoms with Crippen LogP contribution in [0, 0.1) is 20.8 Å². The van der Waals surface area contributed by atoms with Crippen molar-refractivity contribution in [3.63, 3.8) is 0 Å². The molecule has 2 aromatic carbocycles. The second-order valence-corrected chi connectivity index (χ2v) is 8.12. The number of anilines is 1. The number of aromatic nitrogens is 1. The van der Waals surface area contributed by atoms with Crippen molar-refractivity contribution in [3.05, 3.63) is 93.1 Å². The van der Waals surface area contributed by atoms with Gasteiger partial charge in [-0.15, -0.1) is 0 Å². The van der Waals surface area contributed by atoms with Crippen LogP contribution in [0.15, 0.2) is 74.7 Å². The fourth-order valence-corrected chi connectivity index (χ4v) is 3.36. The SMILES string of the molecule is Cc1ccc(NC(=O)c2cc3cc(Br)ccc3oc2=Nc2ccc(C)c(C)c2)nc1. The Morgan fingerprint density at radius 1 is 1.00 bits per heavy atom. The highest BCUT2D eigenvalue weighted by molar-refractivity contribution is 9.10. The van der Waals surface area contributed by atoms with Gasteiger partial charge in [0, 0.05) is 16.1 Å². The minimum Gasteiger partial charge on any atom is -0.438 e. The van der Waals surface area contributed by atoms with Crippen LogP contribution in [0.5, 0.6) is 0 Å². The number of hydrogen-bond donors (Lipinski definition) is 1. The number of nitrogens with zero attached hydrogens (tertiary/aromatic N) is 2. The zero-order valence-corrected chi connectivity index (χ0v) is 18.4. The quantitative estimate of drug-likeness (QED) is 0.406. The number of halogens is 1. The molecule has 0 saturated heterocycles. The fraction of sp³-hybridized carbons (Fsp3) is 0.125. The van der Waals surface area contributed by atoms with Crippen molar-refractivity contribution in [2.24, 2.45) is 4.99 Å². The summed E-state index contributed by atoms with van der Waals surface area (Å²) in [5.41, 5.74) is 5.27. The number of benzene rings is 2. The molecular formula is C24H20BrN3O2. The molecule has 0 spiro atoms. The van der Waals surface area contributed by atoms with E-state index in [1.165, 1.54) is 5.56 Å². The number of aryl methyl sites for hydroxylation is 3. The first-order chi connectivity index (χ1) is 14.4. The zero-order chi connectivity index (χ0) is 21.3. The first-order valence-electron chi connectivity index (χ1n) is 9.48. The summed E-state index contributed by atoms with van der Waals surface area (Å²) in [6, 6.07) is 17.0. The maximum absolute atomic E-state index is 13.1. The van der Waals surface area contributed by atoms with Gasteiger partial charge in [-0.05, 0) is 79.9 Å². The van der Waals surface area contributed by atoms with Crippen LogP contribution >= 0.6 is 15.9 Å². The molecule has 4 aromatic rings. The van der Waals surface area contributed by atoms with E-state index in [-0.39, 0.29) is 11.5 Å². The number of pyridine rings is 1. The van der Waals surface area contributed by atoms with Gasteiger partial charge in [-0.2, -0.15) is 0 Å². The van der Waals surface area contributed by atoms with Gasteiger partial charge < -0.3 is 9.73 Å². The highest BCUT2D eigenvalue weighted by atomic mass is 79.9. The van der Waals surface area contributed by atoms with Gasteiger partial charge in [0.25, 0.3) is 5.91 Å². The molecule has 0 atom stereocenters. The van der Waals surface area contributed by atoms with Gasteiger partial charge in [-0.3, -0.25) is 4.79 Å². The predicted molar refractivity (Wildman–Crippen MR) is 122 cm³/mol. The van der Waals surface area contributed by atoms with Crippen molar-refractivity contribution in [2.45, 2.75) is 20.8 Å². The number of carbonyl (C=O) groups is 1. The summed E-state index contributed by atoms with van der Waals surface area (Å²) in [6.45, 7) is 6.02. The molecule has 0 aliphatic heterocycles. The lowest BCUT2D eigenvalue weighted by molar-refractivity contribution is 0.102. The molecule has 0 unspecified atom stereocenters. The maximum atomic E-state index is 13.1. The molecule has 5 nitrogen and oxygen atoms in total.